The molecule has 1 aromatic carbocycles. The van der Waals surface area contributed by atoms with Gasteiger partial charge in [0.25, 0.3) is 11.8 Å². The van der Waals surface area contributed by atoms with E-state index in [1.165, 1.54) is 11.1 Å². The second kappa shape index (κ2) is 5.41. The van der Waals surface area contributed by atoms with Crippen LogP contribution in [0.15, 0.2) is 6.07 Å². The number of carbonyl (C=O) groups excluding carboxylic acids is 2. The van der Waals surface area contributed by atoms with Crippen molar-refractivity contribution in [2.24, 2.45) is 0 Å². The number of amides is 2. The van der Waals surface area contributed by atoms with Gasteiger partial charge >= 0.3 is 0 Å². The highest BCUT2D eigenvalue weighted by molar-refractivity contribution is 6.36. The first-order valence-corrected chi connectivity index (χ1v) is 7.93. The van der Waals surface area contributed by atoms with Gasteiger partial charge in [0.05, 0.1) is 11.1 Å². The molecule has 0 atom stereocenters. The zero-order valence-electron chi connectivity index (χ0n) is 13.6. The van der Waals surface area contributed by atoms with Crippen LogP contribution >= 0.6 is 0 Å². The highest BCUT2D eigenvalue weighted by Gasteiger charge is 2.38. The SMILES string of the molecule is CC(C)c1cc2c(c(C(C)C)c1C(C)C)C(=O)N([Si])C2=O. The lowest BCUT2D eigenvalue weighted by Crippen LogP contribution is -2.26. The van der Waals surface area contributed by atoms with Gasteiger partial charge in [-0.05, 0) is 40.5 Å². The summed E-state index contributed by atoms with van der Waals surface area (Å²) in [6.45, 7) is 12.7. The maximum atomic E-state index is 12.4. The fourth-order valence-corrected chi connectivity index (χ4v) is 3.42. The Hall–Kier alpha value is -1.42. The topological polar surface area (TPSA) is 37.4 Å². The van der Waals surface area contributed by atoms with Gasteiger partial charge in [0, 0.05) is 0 Å². The molecule has 2 rings (SSSR count). The third kappa shape index (κ3) is 2.35. The fourth-order valence-electron chi connectivity index (χ4n) is 3.19. The maximum absolute atomic E-state index is 12.4. The summed E-state index contributed by atoms with van der Waals surface area (Å²) in [7, 11) is 3.15. The highest BCUT2D eigenvalue weighted by Crippen LogP contribution is 2.40. The van der Waals surface area contributed by atoms with Crippen molar-refractivity contribution < 1.29 is 9.59 Å². The van der Waals surface area contributed by atoms with Gasteiger partial charge in [0.1, 0.15) is 0 Å². The molecule has 21 heavy (non-hydrogen) atoms. The van der Waals surface area contributed by atoms with E-state index in [9.17, 15) is 9.59 Å². The van der Waals surface area contributed by atoms with Gasteiger partial charge < -0.3 is 4.57 Å². The van der Waals surface area contributed by atoms with Gasteiger partial charge in [0.2, 0.25) is 10.4 Å². The number of fused-ring (bicyclic) bond motifs is 1. The molecular weight excluding hydrogens is 278 g/mol. The summed E-state index contributed by atoms with van der Waals surface area (Å²) in [6, 6.07) is 1.92. The Bertz CT molecular complexity index is 618. The molecule has 111 valence electrons. The molecule has 0 saturated carbocycles. The van der Waals surface area contributed by atoms with Gasteiger partial charge in [-0.2, -0.15) is 0 Å². The number of benzene rings is 1. The Kier molecular flexibility index (Phi) is 4.11. The van der Waals surface area contributed by atoms with Gasteiger partial charge in [-0.25, -0.2) is 0 Å². The van der Waals surface area contributed by atoms with E-state index in [4.69, 9.17) is 0 Å². The summed E-state index contributed by atoms with van der Waals surface area (Å²) >= 11 is 0. The minimum Gasteiger partial charge on any atom is -0.305 e. The van der Waals surface area contributed by atoms with Crippen LogP contribution in [0.3, 0.4) is 0 Å². The molecule has 1 heterocycles. The number of nitrogens with zero attached hydrogens (tertiary/aromatic N) is 1. The first kappa shape index (κ1) is 16.0. The van der Waals surface area contributed by atoms with Crippen LogP contribution in [0.1, 0.15) is 96.7 Å². The summed E-state index contributed by atoms with van der Waals surface area (Å²) < 4.78 is 1.05. The van der Waals surface area contributed by atoms with E-state index in [1.807, 2.05) is 6.07 Å². The van der Waals surface area contributed by atoms with Crippen LogP contribution in [0.25, 0.3) is 0 Å². The van der Waals surface area contributed by atoms with Gasteiger partial charge in [0.15, 0.2) is 0 Å². The average Bonchev–Trinajstić information content (AvgIpc) is 2.61. The van der Waals surface area contributed by atoms with Crippen molar-refractivity contribution in [3.8, 4) is 0 Å². The van der Waals surface area contributed by atoms with E-state index >= 15 is 0 Å². The quantitative estimate of drug-likeness (QED) is 0.630. The second-order valence-electron chi connectivity index (χ2n) is 6.63. The van der Waals surface area contributed by atoms with Gasteiger partial charge in [-0.3, -0.25) is 9.59 Å². The molecule has 0 fully saturated rings. The van der Waals surface area contributed by atoms with E-state index in [0.717, 1.165) is 10.1 Å². The molecule has 1 aliphatic heterocycles. The lowest BCUT2D eigenvalue weighted by molar-refractivity contribution is 0.0766. The number of hydrogen-bond donors (Lipinski definition) is 0. The second-order valence-corrected chi connectivity index (χ2v) is 7.07. The van der Waals surface area contributed by atoms with Crippen molar-refractivity contribution in [1.29, 1.82) is 0 Å². The summed E-state index contributed by atoms with van der Waals surface area (Å²) in [4.78, 5) is 24.7. The van der Waals surface area contributed by atoms with Crippen molar-refractivity contribution >= 4 is 22.2 Å². The van der Waals surface area contributed by atoms with Crippen LogP contribution in [0, 0.1) is 0 Å². The van der Waals surface area contributed by atoms with Crippen molar-refractivity contribution in [1.82, 2.24) is 4.57 Å². The Balaban J connectivity index is 2.91. The fraction of sp³-hybridized carbons (Fsp3) is 0.529. The Morgan fingerprint density at radius 3 is 1.81 bits per heavy atom. The predicted octanol–water partition coefficient (Wildman–Crippen LogP) is 3.74. The van der Waals surface area contributed by atoms with Crippen LogP contribution in [0.2, 0.25) is 0 Å². The van der Waals surface area contributed by atoms with Crippen LogP contribution < -0.4 is 0 Å². The van der Waals surface area contributed by atoms with Crippen molar-refractivity contribution in [2.45, 2.75) is 59.3 Å². The third-order valence-corrected chi connectivity index (χ3v) is 4.47. The molecule has 3 nitrogen and oxygen atoms in total. The summed E-state index contributed by atoms with van der Waals surface area (Å²) in [5.74, 6) is 0.330. The lowest BCUT2D eigenvalue weighted by Gasteiger charge is -2.24. The molecular formula is C17H22NO2Si. The minimum absolute atomic E-state index is 0.199. The molecule has 0 saturated heterocycles. The predicted molar refractivity (Wildman–Crippen MR) is 85.0 cm³/mol. The van der Waals surface area contributed by atoms with E-state index in [0.29, 0.717) is 23.0 Å². The number of hydrogen-bond acceptors (Lipinski definition) is 2. The maximum Gasteiger partial charge on any atom is 0.253 e. The molecule has 0 aliphatic carbocycles. The largest absolute Gasteiger partial charge is 0.305 e. The summed E-state index contributed by atoms with van der Waals surface area (Å²) in [6.07, 6.45) is 0. The first-order valence-electron chi connectivity index (χ1n) is 7.49. The average molecular weight is 300 g/mol. The third-order valence-electron chi connectivity index (χ3n) is 4.07. The summed E-state index contributed by atoms with van der Waals surface area (Å²) in [5.41, 5.74) is 4.55. The van der Waals surface area contributed by atoms with Gasteiger partial charge in [-0.15, -0.1) is 0 Å². The van der Waals surface area contributed by atoms with E-state index in [2.05, 4.69) is 51.9 Å². The van der Waals surface area contributed by atoms with Crippen LogP contribution in [0.5, 0.6) is 0 Å². The monoisotopic (exact) mass is 300 g/mol. The molecule has 0 spiro atoms. The number of imide groups is 1. The molecule has 2 amide bonds. The molecule has 3 radical (unpaired) electrons. The minimum atomic E-state index is -0.259. The van der Waals surface area contributed by atoms with Crippen molar-refractivity contribution in [2.75, 3.05) is 0 Å². The van der Waals surface area contributed by atoms with E-state index < -0.39 is 0 Å². The normalized spacial score (nSPS) is 14.9. The van der Waals surface area contributed by atoms with E-state index in [1.54, 1.807) is 0 Å². The summed E-state index contributed by atoms with van der Waals surface area (Å²) in [5, 5.41) is 0. The molecule has 1 aromatic rings. The molecule has 1 aliphatic rings. The molecule has 0 bridgehead atoms. The zero-order chi connectivity index (χ0) is 16.1. The van der Waals surface area contributed by atoms with E-state index in [-0.39, 0.29) is 17.7 Å². The standard InChI is InChI=1S/C17H22NO2Si/c1-8(2)11-7-12-15(17(20)18(21)16(12)19)14(10(5)6)13(11)9(3)4/h7-10H,1-6H3. The number of rotatable bonds is 3. The van der Waals surface area contributed by atoms with Gasteiger partial charge in [-0.1, -0.05) is 41.5 Å². The highest BCUT2D eigenvalue weighted by atomic mass is 28.2. The molecule has 0 N–H and O–H groups in total. The van der Waals surface area contributed by atoms with Crippen LogP contribution in [0.4, 0.5) is 0 Å². The van der Waals surface area contributed by atoms with Crippen LogP contribution in [-0.4, -0.2) is 26.8 Å². The Morgan fingerprint density at radius 2 is 1.38 bits per heavy atom. The zero-order valence-corrected chi connectivity index (χ0v) is 14.6. The molecule has 0 unspecified atom stereocenters. The van der Waals surface area contributed by atoms with Crippen molar-refractivity contribution in [3.05, 3.63) is 33.9 Å². The lowest BCUT2D eigenvalue weighted by atomic mass is 9.79. The Labute approximate surface area is 130 Å². The number of carbonyl (C=O) groups is 2. The molecule has 0 aromatic heterocycles. The Morgan fingerprint density at radius 1 is 0.857 bits per heavy atom. The molecule has 4 heteroatoms. The van der Waals surface area contributed by atoms with Crippen molar-refractivity contribution in [3.63, 3.8) is 0 Å². The first-order chi connectivity index (χ1) is 9.68. The van der Waals surface area contributed by atoms with Crippen LogP contribution in [-0.2, 0) is 0 Å². The smallest absolute Gasteiger partial charge is 0.253 e.